The molecular formula is C21H21ClN2O3S. The number of carbonyl (C=O) groups excluding carboxylic acids is 1. The number of carbonyl (C=O) groups is 1. The SMILES string of the molecule is CCCN1C(=O)/C(=C\c2cc(Cl)c(O)c(OCC)c2)SC1=Nc1ccccc1. The summed E-state index contributed by atoms with van der Waals surface area (Å²) in [7, 11) is 0. The molecule has 1 heterocycles. The van der Waals surface area contributed by atoms with E-state index >= 15 is 0 Å². The van der Waals surface area contributed by atoms with Crippen LogP contribution in [0.5, 0.6) is 11.5 Å². The van der Waals surface area contributed by atoms with Crippen molar-refractivity contribution >= 4 is 46.2 Å². The highest BCUT2D eigenvalue weighted by Crippen LogP contribution is 2.38. The van der Waals surface area contributed by atoms with Gasteiger partial charge in [0.25, 0.3) is 5.91 Å². The van der Waals surface area contributed by atoms with E-state index in [9.17, 15) is 9.90 Å². The van der Waals surface area contributed by atoms with Crippen molar-refractivity contribution in [2.24, 2.45) is 4.99 Å². The number of benzene rings is 2. The number of hydrogen-bond donors (Lipinski definition) is 1. The van der Waals surface area contributed by atoms with Crippen LogP contribution in [0.15, 0.2) is 52.4 Å². The lowest BCUT2D eigenvalue weighted by Crippen LogP contribution is -2.29. The number of halogens is 1. The maximum atomic E-state index is 12.9. The Labute approximate surface area is 173 Å². The number of amides is 1. The van der Waals surface area contributed by atoms with E-state index in [-0.39, 0.29) is 16.7 Å². The average molecular weight is 417 g/mol. The van der Waals surface area contributed by atoms with E-state index in [4.69, 9.17) is 16.3 Å². The second kappa shape index (κ2) is 9.17. The summed E-state index contributed by atoms with van der Waals surface area (Å²) in [4.78, 5) is 19.8. The van der Waals surface area contributed by atoms with E-state index < -0.39 is 0 Å². The number of thioether (sulfide) groups is 1. The monoisotopic (exact) mass is 416 g/mol. The molecule has 0 aliphatic carbocycles. The van der Waals surface area contributed by atoms with E-state index in [0.717, 1.165) is 12.1 Å². The van der Waals surface area contributed by atoms with Crippen LogP contribution >= 0.6 is 23.4 Å². The Balaban J connectivity index is 1.96. The van der Waals surface area contributed by atoms with Gasteiger partial charge < -0.3 is 9.84 Å². The molecule has 5 nitrogen and oxygen atoms in total. The topological polar surface area (TPSA) is 62.1 Å². The third-order valence-corrected chi connectivity index (χ3v) is 5.26. The van der Waals surface area contributed by atoms with Gasteiger partial charge in [0.2, 0.25) is 0 Å². The Kier molecular flexibility index (Phi) is 6.65. The van der Waals surface area contributed by atoms with Crippen molar-refractivity contribution in [3.05, 3.63) is 58.0 Å². The van der Waals surface area contributed by atoms with Crippen LogP contribution in [0.3, 0.4) is 0 Å². The molecule has 1 saturated heterocycles. The van der Waals surface area contributed by atoms with Crippen molar-refractivity contribution in [2.45, 2.75) is 20.3 Å². The molecule has 3 rings (SSSR count). The van der Waals surface area contributed by atoms with Gasteiger partial charge in [-0.05, 0) is 61.0 Å². The van der Waals surface area contributed by atoms with Crippen LogP contribution in [0, 0.1) is 0 Å². The van der Waals surface area contributed by atoms with Crippen LogP contribution in [0.1, 0.15) is 25.8 Å². The minimum atomic E-state index is -0.102. The number of hydrogen-bond acceptors (Lipinski definition) is 5. The van der Waals surface area contributed by atoms with E-state index in [2.05, 4.69) is 4.99 Å². The third-order valence-electron chi connectivity index (χ3n) is 3.96. The normalized spacial score (nSPS) is 17.0. The molecule has 0 radical (unpaired) electrons. The highest BCUT2D eigenvalue weighted by atomic mass is 35.5. The molecule has 1 fully saturated rings. The number of aromatic hydroxyl groups is 1. The average Bonchev–Trinajstić information content (AvgIpc) is 2.96. The van der Waals surface area contributed by atoms with Gasteiger partial charge in [-0.2, -0.15) is 0 Å². The summed E-state index contributed by atoms with van der Waals surface area (Å²) in [6.07, 6.45) is 2.57. The van der Waals surface area contributed by atoms with Crippen LogP contribution in [-0.2, 0) is 4.79 Å². The molecule has 28 heavy (non-hydrogen) atoms. The van der Waals surface area contributed by atoms with Crippen LogP contribution < -0.4 is 4.74 Å². The number of phenolic OH excluding ortho intramolecular Hbond substituents is 1. The summed E-state index contributed by atoms with van der Waals surface area (Å²) >= 11 is 7.43. The van der Waals surface area contributed by atoms with Gasteiger partial charge in [-0.25, -0.2) is 4.99 Å². The van der Waals surface area contributed by atoms with Gasteiger partial charge in [-0.15, -0.1) is 0 Å². The molecule has 2 aromatic carbocycles. The Morgan fingerprint density at radius 1 is 1.25 bits per heavy atom. The second-order valence-electron chi connectivity index (χ2n) is 6.08. The zero-order valence-corrected chi connectivity index (χ0v) is 17.3. The first-order valence-corrected chi connectivity index (χ1v) is 10.2. The lowest BCUT2D eigenvalue weighted by molar-refractivity contribution is -0.122. The molecule has 0 saturated carbocycles. The van der Waals surface area contributed by atoms with Crippen molar-refractivity contribution in [1.29, 1.82) is 0 Å². The number of rotatable bonds is 6. The zero-order valence-electron chi connectivity index (χ0n) is 15.7. The Bertz CT molecular complexity index is 929. The lowest BCUT2D eigenvalue weighted by atomic mass is 10.2. The van der Waals surface area contributed by atoms with E-state index in [1.807, 2.05) is 44.2 Å². The fraction of sp³-hybridized carbons (Fsp3) is 0.238. The number of nitrogens with zero attached hydrogens (tertiary/aromatic N) is 2. The van der Waals surface area contributed by atoms with E-state index in [1.54, 1.807) is 23.1 Å². The minimum absolute atomic E-state index is 0.0938. The summed E-state index contributed by atoms with van der Waals surface area (Å²) in [5.41, 5.74) is 1.48. The van der Waals surface area contributed by atoms with E-state index in [0.29, 0.717) is 34.5 Å². The fourth-order valence-electron chi connectivity index (χ4n) is 2.72. The highest BCUT2D eigenvalue weighted by Gasteiger charge is 2.32. The zero-order chi connectivity index (χ0) is 20.1. The quantitative estimate of drug-likeness (QED) is 0.635. The molecule has 1 N–H and O–H groups in total. The van der Waals surface area contributed by atoms with Gasteiger partial charge in [-0.3, -0.25) is 9.69 Å². The summed E-state index contributed by atoms with van der Waals surface area (Å²) in [5.74, 6) is 0.0968. The van der Waals surface area contributed by atoms with Gasteiger partial charge >= 0.3 is 0 Å². The van der Waals surface area contributed by atoms with Gasteiger partial charge in [-0.1, -0.05) is 36.7 Å². The molecule has 1 aliphatic heterocycles. The maximum Gasteiger partial charge on any atom is 0.266 e. The maximum absolute atomic E-state index is 12.9. The molecular weight excluding hydrogens is 396 g/mol. The van der Waals surface area contributed by atoms with Crippen LogP contribution in [-0.4, -0.2) is 34.2 Å². The van der Waals surface area contributed by atoms with Crippen molar-refractivity contribution in [3.8, 4) is 11.5 Å². The summed E-state index contributed by atoms with van der Waals surface area (Å²) in [6, 6.07) is 12.8. The summed E-state index contributed by atoms with van der Waals surface area (Å²) in [5, 5.41) is 10.8. The minimum Gasteiger partial charge on any atom is -0.503 e. The van der Waals surface area contributed by atoms with Crippen molar-refractivity contribution < 1.29 is 14.6 Å². The molecule has 0 unspecified atom stereocenters. The molecule has 1 aliphatic rings. The van der Waals surface area contributed by atoms with Crippen molar-refractivity contribution in [2.75, 3.05) is 13.2 Å². The molecule has 146 valence electrons. The summed E-state index contributed by atoms with van der Waals surface area (Å²) < 4.78 is 5.42. The predicted octanol–water partition coefficient (Wildman–Crippen LogP) is 5.46. The van der Waals surface area contributed by atoms with Gasteiger partial charge in [0.15, 0.2) is 16.7 Å². The standard InChI is InChI=1S/C21H21ClN2O3S/c1-3-10-24-20(26)18(28-21(24)23-15-8-6-5-7-9-15)13-14-11-16(22)19(25)17(12-14)27-4-2/h5-9,11-13,25H,3-4,10H2,1-2H3/b18-13+,23-21?. The summed E-state index contributed by atoms with van der Waals surface area (Å²) in [6.45, 7) is 4.84. The first kappa shape index (κ1) is 20.3. The largest absolute Gasteiger partial charge is 0.503 e. The molecule has 2 aromatic rings. The highest BCUT2D eigenvalue weighted by molar-refractivity contribution is 8.18. The van der Waals surface area contributed by atoms with Gasteiger partial charge in [0.05, 0.1) is 22.2 Å². The second-order valence-corrected chi connectivity index (χ2v) is 7.50. The Hall–Kier alpha value is -2.44. The lowest BCUT2D eigenvalue weighted by Gasteiger charge is -2.13. The number of ether oxygens (including phenoxy) is 1. The molecule has 0 bridgehead atoms. The number of para-hydroxylation sites is 1. The van der Waals surface area contributed by atoms with E-state index in [1.165, 1.54) is 11.8 Å². The predicted molar refractivity (Wildman–Crippen MR) is 115 cm³/mol. The van der Waals surface area contributed by atoms with Crippen molar-refractivity contribution in [3.63, 3.8) is 0 Å². The Morgan fingerprint density at radius 3 is 2.68 bits per heavy atom. The molecule has 0 aromatic heterocycles. The Morgan fingerprint density at radius 2 is 2.00 bits per heavy atom. The number of aliphatic imine (C=N–C) groups is 1. The molecule has 7 heteroatoms. The first-order chi connectivity index (χ1) is 13.5. The molecule has 0 atom stereocenters. The van der Waals surface area contributed by atoms with Gasteiger partial charge in [0, 0.05) is 6.54 Å². The molecule has 0 spiro atoms. The molecule has 1 amide bonds. The van der Waals surface area contributed by atoms with Crippen LogP contribution in [0.2, 0.25) is 5.02 Å². The fourth-order valence-corrected chi connectivity index (χ4v) is 3.96. The first-order valence-electron chi connectivity index (χ1n) is 9.04. The van der Waals surface area contributed by atoms with Crippen LogP contribution in [0.4, 0.5) is 5.69 Å². The van der Waals surface area contributed by atoms with Gasteiger partial charge in [0.1, 0.15) is 0 Å². The van der Waals surface area contributed by atoms with Crippen molar-refractivity contribution in [1.82, 2.24) is 4.90 Å². The van der Waals surface area contributed by atoms with Crippen LogP contribution in [0.25, 0.3) is 6.08 Å². The third kappa shape index (κ3) is 4.51. The number of phenols is 1. The number of amidine groups is 1. The smallest absolute Gasteiger partial charge is 0.266 e.